The first-order valence-corrected chi connectivity index (χ1v) is 5.32. The second-order valence-electron chi connectivity index (χ2n) is 4.40. The Hall–Kier alpha value is -0.0513. The van der Waals surface area contributed by atoms with Gasteiger partial charge in [-0.3, -0.25) is 4.79 Å². The second kappa shape index (κ2) is 10.8. The van der Waals surface area contributed by atoms with Gasteiger partial charge in [0.15, 0.2) is 17.4 Å². The van der Waals surface area contributed by atoms with Gasteiger partial charge < -0.3 is 13.4 Å². The number of hydrogen-bond acceptors (Lipinski definition) is 1. The van der Waals surface area contributed by atoms with Gasteiger partial charge in [0.05, 0.1) is 5.92 Å². The van der Waals surface area contributed by atoms with Crippen molar-refractivity contribution in [3.8, 4) is 0 Å². The number of carboxylic acids is 1. The molecule has 0 fully saturated rings. The monoisotopic (exact) mass is 280 g/mol. The average Bonchev–Trinajstić information content (AvgIpc) is 2.17. The molecule has 0 heterocycles. The van der Waals surface area contributed by atoms with Crippen molar-refractivity contribution in [1.29, 1.82) is 0 Å². The molecule has 1 aromatic rings. The number of carbonyl (C=O) groups is 1. The Balaban J connectivity index is -0.000000150. The van der Waals surface area contributed by atoms with Crippen LogP contribution >= 0.6 is 0 Å². The first kappa shape index (κ1) is 23.1. The Labute approximate surface area is 139 Å². The zero-order chi connectivity index (χ0) is 11.4. The van der Waals surface area contributed by atoms with E-state index in [4.69, 9.17) is 5.11 Å². The van der Waals surface area contributed by atoms with Crippen LogP contribution in [0.25, 0.3) is 0 Å². The molecular weight excluding hydrogens is 255 g/mol. The van der Waals surface area contributed by atoms with Crippen LogP contribution < -0.4 is 0 Å². The molecule has 1 atom stereocenters. The first-order chi connectivity index (χ1) is 7.00. The molecule has 0 saturated carbocycles. The van der Waals surface area contributed by atoms with E-state index >= 15 is 0 Å². The van der Waals surface area contributed by atoms with E-state index in [1.807, 2.05) is 24.3 Å². The fourth-order valence-corrected chi connectivity index (χ4v) is 1.56. The van der Waals surface area contributed by atoms with Crippen LogP contribution in [-0.2, 0) is 11.2 Å². The summed E-state index contributed by atoms with van der Waals surface area (Å²) in [6.07, 6.45) is 1.04. The number of benzene rings is 1. The van der Waals surface area contributed by atoms with Crippen molar-refractivity contribution < 1.29 is 18.2 Å². The van der Waals surface area contributed by atoms with E-state index in [1.54, 1.807) is 6.92 Å². The molecule has 0 bridgehead atoms. The van der Waals surface area contributed by atoms with E-state index in [-0.39, 0.29) is 48.7 Å². The third-order valence-corrected chi connectivity index (χ3v) is 2.49. The average molecular weight is 281 g/mol. The Kier molecular flexibility index (Phi) is 13.9. The second-order valence-corrected chi connectivity index (χ2v) is 4.40. The molecule has 0 aliphatic rings. The topological polar surface area (TPSA) is 68.8 Å². The van der Waals surface area contributed by atoms with Crippen molar-refractivity contribution >= 4 is 46.4 Å². The molecule has 18 heavy (non-hydrogen) atoms. The summed E-state index contributed by atoms with van der Waals surface area (Å²) in [4.78, 5) is 10.8. The predicted molar refractivity (Wildman–Crippen MR) is 82.6 cm³/mol. The molecular formula is C13H25AlMgO3. The summed E-state index contributed by atoms with van der Waals surface area (Å²) in [6.45, 7) is 6.06. The minimum absolute atomic E-state index is 0. The zero-order valence-electron chi connectivity index (χ0n) is 12.7. The van der Waals surface area contributed by atoms with Crippen LogP contribution in [0.1, 0.15) is 40.7 Å². The zero-order valence-corrected chi connectivity index (χ0v) is 12.1. The van der Waals surface area contributed by atoms with Crippen LogP contribution in [0.3, 0.4) is 0 Å². The van der Waals surface area contributed by atoms with E-state index in [0.29, 0.717) is 5.92 Å². The van der Waals surface area contributed by atoms with Crippen molar-refractivity contribution in [1.82, 2.24) is 0 Å². The van der Waals surface area contributed by atoms with Gasteiger partial charge in [-0.2, -0.15) is 0 Å². The van der Waals surface area contributed by atoms with Crippen molar-refractivity contribution in [2.24, 2.45) is 5.92 Å². The summed E-state index contributed by atoms with van der Waals surface area (Å²) in [7, 11) is 0. The van der Waals surface area contributed by atoms with Crippen LogP contribution in [0, 0.1) is 5.92 Å². The molecule has 0 aromatic heterocycles. The standard InChI is InChI=1S/C13H18O2.Al.Mg.H2O.5H/c1-9(2)8-11-4-6-12(7-5-11)10(3)13(14)15;;;;;;;;/h4-7,9-10H,8H2,1-3H3,(H,14,15);;;1H2;;;;;/q;;+2;;;;;2*-1. The van der Waals surface area contributed by atoms with E-state index in [2.05, 4.69) is 13.8 Å². The molecule has 0 aliphatic carbocycles. The summed E-state index contributed by atoms with van der Waals surface area (Å²) < 4.78 is 0. The molecule has 0 radical (unpaired) electrons. The summed E-state index contributed by atoms with van der Waals surface area (Å²) in [5, 5.41) is 8.85. The summed E-state index contributed by atoms with van der Waals surface area (Å²) in [6, 6.07) is 7.87. The van der Waals surface area contributed by atoms with Crippen LogP contribution in [0.4, 0.5) is 0 Å². The Bertz CT molecular complexity index is 348. The number of carboxylic acid groups (broad SMARTS) is 1. The van der Waals surface area contributed by atoms with E-state index in [0.717, 1.165) is 12.0 Å². The maximum absolute atomic E-state index is 10.8. The van der Waals surface area contributed by atoms with Crippen molar-refractivity contribution in [2.45, 2.75) is 33.1 Å². The summed E-state index contributed by atoms with van der Waals surface area (Å²) >= 11 is 0. The van der Waals surface area contributed by atoms with Gasteiger partial charge in [-0.05, 0) is 30.4 Å². The summed E-state index contributed by atoms with van der Waals surface area (Å²) in [5.41, 5.74) is 2.14. The Morgan fingerprint density at radius 3 is 2.00 bits per heavy atom. The molecule has 0 saturated heterocycles. The molecule has 1 aromatic carbocycles. The van der Waals surface area contributed by atoms with Gasteiger partial charge in [0.2, 0.25) is 0 Å². The van der Waals surface area contributed by atoms with Crippen LogP contribution in [0.15, 0.2) is 24.3 Å². The molecule has 1 rings (SSSR count). The van der Waals surface area contributed by atoms with Gasteiger partial charge in [0.1, 0.15) is 0 Å². The van der Waals surface area contributed by atoms with Crippen LogP contribution in [0.5, 0.6) is 0 Å². The fourth-order valence-electron chi connectivity index (χ4n) is 1.56. The molecule has 0 aliphatic heterocycles. The number of hydrogen-bond donors (Lipinski definition) is 1. The minimum Gasteiger partial charge on any atom is -1.00 e. The number of rotatable bonds is 4. The van der Waals surface area contributed by atoms with Crippen molar-refractivity contribution in [3.05, 3.63) is 35.4 Å². The SMILES string of the molecule is CC(C)Cc1ccc(C(C)C(=O)O)cc1.O.[AlH3].[H-].[H-].[Mg+2]. The normalized spacial score (nSPS) is 10.7. The molecule has 0 spiro atoms. The van der Waals surface area contributed by atoms with Gasteiger partial charge >= 0.3 is 29.0 Å². The van der Waals surface area contributed by atoms with Gasteiger partial charge in [0, 0.05) is 0 Å². The molecule has 1 unspecified atom stereocenters. The largest absolute Gasteiger partial charge is 2.00 e. The predicted octanol–water partition coefficient (Wildman–Crippen LogP) is 0.909. The molecule has 5 heteroatoms. The van der Waals surface area contributed by atoms with Gasteiger partial charge in [-0.1, -0.05) is 38.1 Å². The first-order valence-electron chi connectivity index (χ1n) is 5.32. The van der Waals surface area contributed by atoms with Gasteiger partial charge in [-0.25, -0.2) is 0 Å². The Morgan fingerprint density at radius 2 is 1.67 bits per heavy atom. The third-order valence-electron chi connectivity index (χ3n) is 2.49. The van der Waals surface area contributed by atoms with E-state index in [9.17, 15) is 4.79 Å². The molecule has 0 amide bonds. The van der Waals surface area contributed by atoms with E-state index in [1.165, 1.54) is 5.56 Å². The quantitative estimate of drug-likeness (QED) is 0.833. The number of aliphatic carboxylic acids is 1. The Morgan fingerprint density at radius 1 is 1.22 bits per heavy atom. The minimum atomic E-state index is -0.772. The smallest absolute Gasteiger partial charge is 1.00 e. The van der Waals surface area contributed by atoms with E-state index < -0.39 is 11.9 Å². The van der Waals surface area contributed by atoms with Crippen LogP contribution in [0.2, 0.25) is 0 Å². The van der Waals surface area contributed by atoms with Crippen LogP contribution in [-0.4, -0.2) is 57.0 Å². The molecule has 3 N–H and O–H groups in total. The van der Waals surface area contributed by atoms with Gasteiger partial charge in [0.25, 0.3) is 0 Å². The molecule has 3 nitrogen and oxygen atoms in total. The summed E-state index contributed by atoms with van der Waals surface area (Å²) in [5.74, 6) is -0.558. The van der Waals surface area contributed by atoms with Gasteiger partial charge in [-0.15, -0.1) is 0 Å². The maximum Gasteiger partial charge on any atom is 2.00 e. The third kappa shape index (κ3) is 7.40. The maximum atomic E-state index is 10.8. The van der Waals surface area contributed by atoms with Crippen molar-refractivity contribution in [2.75, 3.05) is 0 Å². The van der Waals surface area contributed by atoms with Crippen molar-refractivity contribution in [3.63, 3.8) is 0 Å². The fraction of sp³-hybridized carbons (Fsp3) is 0.462. The molecule has 100 valence electrons.